The van der Waals surface area contributed by atoms with Gasteiger partial charge in [-0.1, -0.05) is 5.92 Å². The van der Waals surface area contributed by atoms with Gasteiger partial charge in [0.05, 0.1) is 12.6 Å². The standard InChI is InChI=1S/C9H14N2O/c1-2-3-6-11-9(12)8(10)7-4-5-7/h7-8H,4-6,10H2,1H3,(H,11,12). The van der Waals surface area contributed by atoms with Crippen molar-refractivity contribution >= 4 is 5.91 Å². The number of hydrogen-bond acceptors (Lipinski definition) is 2. The van der Waals surface area contributed by atoms with Gasteiger partial charge in [0.1, 0.15) is 0 Å². The summed E-state index contributed by atoms with van der Waals surface area (Å²) >= 11 is 0. The Balaban J connectivity index is 2.20. The second kappa shape index (κ2) is 4.13. The molecule has 0 heterocycles. The van der Waals surface area contributed by atoms with Crippen LogP contribution >= 0.6 is 0 Å². The molecule has 1 fully saturated rings. The average molecular weight is 166 g/mol. The number of hydrogen-bond donors (Lipinski definition) is 2. The van der Waals surface area contributed by atoms with Gasteiger partial charge in [-0.2, -0.15) is 0 Å². The molecule has 3 heteroatoms. The van der Waals surface area contributed by atoms with Crippen molar-refractivity contribution in [2.24, 2.45) is 11.7 Å². The topological polar surface area (TPSA) is 55.1 Å². The van der Waals surface area contributed by atoms with Crippen molar-refractivity contribution in [3.8, 4) is 11.8 Å². The van der Waals surface area contributed by atoms with E-state index in [0.717, 1.165) is 12.8 Å². The molecule has 0 spiro atoms. The van der Waals surface area contributed by atoms with E-state index < -0.39 is 0 Å². The Morgan fingerprint density at radius 2 is 2.42 bits per heavy atom. The predicted molar refractivity (Wildman–Crippen MR) is 47.2 cm³/mol. The molecule has 0 aromatic rings. The maximum atomic E-state index is 11.2. The van der Waals surface area contributed by atoms with Crippen LogP contribution in [-0.2, 0) is 4.79 Å². The van der Waals surface area contributed by atoms with Crippen molar-refractivity contribution in [2.75, 3.05) is 6.54 Å². The lowest BCUT2D eigenvalue weighted by Crippen LogP contribution is -2.42. The summed E-state index contributed by atoms with van der Waals surface area (Å²) in [6.45, 7) is 2.16. The molecule has 1 aliphatic rings. The molecule has 0 bridgehead atoms. The Kier molecular flexibility index (Phi) is 3.12. The minimum absolute atomic E-state index is 0.0692. The van der Waals surface area contributed by atoms with Gasteiger partial charge in [-0.05, 0) is 25.7 Å². The minimum atomic E-state index is -0.316. The van der Waals surface area contributed by atoms with Crippen LogP contribution in [0.4, 0.5) is 0 Å². The number of carbonyl (C=O) groups excluding carboxylic acids is 1. The van der Waals surface area contributed by atoms with Crippen LogP contribution < -0.4 is 11.1 Å². The quantitative estimate of drug-likeness (QED) is 0.573. The summed E-state index contributed by atoms with van der Waals surface area (Å²) < 4.78 is 0. The fourth-order valence-electron chi connectivity index (χ4n) is 1.01. The Labute approximate surface area is 72.7 Å². The molecule has 1 unspecified atom stereocenters. The average Bonchev–Trinajstić information content (AvgIpc) is 2.86. The van der Waals surface area contributed by atoms with E-state index in [-0.39, 0.29) is 11.9 Å². The summed E-state index contributed by atoms with van der Waals surface area (Å²) in [5.74, 6) is 5.80. The third-order valence-electron chi connectivity index (χ3n) is 1.96. The highest BCUT2D eigenvalue weighted by molar-refractivity contribution is 5.82. The molecule has 1 rings (SSSR count). The fourth-order valence-corrected chi connectivity index (χ4v) is 1.01. The van der Waals surface area contributed by atoms with Gasteiger partial charge in [-0.25, -0.2) is 0 Å². The summed E-state index contributed by atoms with van der Waals surface area (Å²) in [5.41, 5.74) is 5.64. The summed E-state index contributed by atoms with van der Waals surface area (Å²) in [7, 11) is 0. The maximum Gasteiger partial charge on any atom is 0.237 e. The van der Waals surface area contributed by atoms with Gasteiger partial charge >= 0.3 is 0 Å². The predicted octanol–water partition coefficient (Wildman–Crippen LogP) is -0.137. The second-order valence-corrected chi connectivity index (χ2v) is 3.01. The van der Waals surface area contributed by atoms with E-state index in [0.29, 0.717) is 12.5 Å². The van der Waals surface area contributed by atoms with Crippen molar-refractivity contribution in [2.45, 2.75) is 25.8 Å². The maximum absolute atomic E-state index is 11.2. The molecule has 0 saturated heterocycles. The molecule has 0 aromatic carbocycles. The molecule has 0 aromatic heterocycles. The Morgan fingerprint density at radius 1 is 1.75 bits per heavy atom. The molecule has 0 aliphatic heterocycles. The van der Waals surface area contributed by atoms with Crippen LogP contribution in [0.25, 0.3) is 0 Å². The van der Waals surface area contributed by atoms with Crippen molar-refractivity contribution in [1.29, 1.82) is 0 Å². The van der Waals surface area contributed by atoms with Gasteiger partial charge in [0, 0.05) is 0 Å². The van der Waals surface area contributed by atoms with Gasteiger partial charge in [-0.15, -0.1) is 5.92 Å². The molecule has 3 nitrogen and oxygen atoms in total. The van der Waals surface area contributed by atoms with Crippen molar-refractivity contribution in [3.63, 3.8) is 0 Å². The summed E-state index contributed by atoms with van der Waals surface area (Å²) in [6.07, 6.45) is 2.18. The van der Waals surface area contributed by atoms with E-state index in [1.807, 2.05) is 0 Å². The van der Waals surface area contributed by atoms with Crippen molar-refractivity contribution in [3.05, 3.63) is 0 Å². The molecule has 1 amide bonds. The van der Waals surface area contributed by atoms with E-state index in [1.54, 1.807) is 6.92 Å². The van der Waals surface area contributed by atoms with Gasteiger partial charge in [-0.3, -0.25) is 4.79 Å². The zero-order valence-corrected chi connectivity index (χ0v) is 7.26. The van der Waals surface area contributed by atoms with Crippen LogP contribution in [0.1, 0.15) is 19.8 Å². The first-order valence-electron chi connectivity index (χ1n) is 4.18. The number of rotatable bonds is 3. The molecule has 12 heavy (non-hydrogen) atoms. The van der Waals surface area contributed by atoms with E-state index in [9.17, 15) is 4.79 Å². The van der Waals surface area contributed by atoms with E-state index >= 15 is 0 Å². The SMILES string of the molecule is CC#CCNC(=O)C(N)C1CC1. The third kappa shape index (κ3) is 2.55. The highest BCUT2D eigenvalue weighted by Crippen LogP contribution is 2.31. The zero-order chi connectivity index (χ0) is 8.97. The lowest BCUT2D eigenvalue weighted by atomic mass is 10.2. The molecule has 1 aliphatic carbocycles. The summed E-state index contributed by atoms with van der Waals surface area (Å²) in [5, 5.41) is 2.67. The smallest absolute Gasteiger partial charge is 0.237 e. The molecular formula is C9H14N2O. The summed E-state index contributed by atoms with van der Waals surface area (Å²) in [4.78, 5) is 11.2. The lowest BCUT2D eigenvalue weighted by Gasteiger charge is -2.08. The monoisotopic (exact) mass is 166 g/mol. The first kappa shape index (κ1) is 9.08. The van der Waals surface area contributed by atoms with Crippen LogP contribution in [0.2, 0.25) is 0 Å². The lowest BCUT2D eigenvalue weighted by molar-refractivity contribution is -0.122. The molecular weight excluding hydrogens is 152 g/mol. The highest BCUT2D eigenvalue weighted by Gasteiger charge is 2.32. The van der Waals surface area contributed by atoms with Crippen LogP contribution in [0.15, 0.2) is 0 Å². The number of carbonyl (C=O) groups is 1. The molecule has 66 valence electrons. The van der Waals surface area contributed by atoms with E-state index in [2.05, 4.69) is 17.2 Å². The summed E-state index contributed by atoms with van der Waals surface area (Å²) in [6, 6.07) is -0.316. The second-order valence-electron chi connectivity index (χ2n) is 3.01. The normalized spacial score (nSPS) is 17.5. The van der Waals surface area contributed by atoms with Gasteiger partial charge in [0.15, 0.2) is 0 Å². The van der Waals surface area contributed by atoms with Gasteiger partial charge in [0.2, 0.25) is 5.91 Å². The van der Waals surface area contributed by atoms with Crippen LogP contribution in [0.5, 0.6) is 0 Å². The fraction of sp³-hybridized carbons (Fsp3) is 0.667. The highest BCUT2D eigenvalue weighted by atomic mass is 16.2. The largest absolute Gasteiger partial charge is 0.344 e. The van der Waals surface area contributed by atoms with E-state index in [4.69, 9.17) is 5.73 Å². The molecule has 1 atom stereocenters. The third-order valence-corrected chi connectivity index (χ3v) is 1.96. The van der Waals surface area contributed by atoms with Crippen LogP contribution in [-0.4, -0.2) is 18.5 Å². The van der Waals surface area contributed by atoms with Crippen LogP contribution in [0, 0.1) is 17.8 Å². The zero-order valence-electron chi connectivity index (χ0n) is 7.26. The van der Waals surface area contributed by atoms with E-state index in [1.165, 1.54) is 0 Å². The van der Waals surface area contributed by atoms with Gasteiger partial charge in [0.25, 0.3) is 0 Å². The Hall–Kier alpha value is -1.01. The molecule has 1 saturated carbocycles. The molecule has 3 N–H and O–H groups in total. The first-order chi connectivity index (χ1) is 5.75. The van der Waals surface area contributed by atoms with Crippen LogP contribution in [0.3, 0.4) is 0 Å². The van der Waals surface area contributed by atoms with Crippen molar-refractivity contribution < 1.29 is 4.79 Å². The number of nitrogens with two attached hydrogens (primary N) is 1. The Bertz CT molecular complexity index is 222. The van der Waals surface area contributed by atoms with Gasteiger partial charge < -0.3 is 11.1 Å². The Morgan fingerprint density at radius 3 is 2.92 bits per heavy atom. The molecule has 0 radical (unpaired) electrons. The minimum Gasteiger partial charge on any atom is -0.344 e. The first-order valence-corrected chi connectivity index (χ1v) is 4.18. The number of nitrogens with one attached hydrogen (secondary N) is 1. The van der Waals surface area contributed by atoms with Crippen molar-refractivity contribution in [1.82, 2.24) is 5.32 Å². The number of amides is 1.